The number of aromatic nitrogens is 4. The van der Waals surface area contributed by atoms with E-state index in [0.29, 0.717) is 5.82 Å². The van der Waals surface area contributed by atoms with Crippen LogP contribution in [0.2, 0.25) is 5.28 Å². The average molecular weight is 316 g/mol. The molecule has 3 aromatic heterocycles. The number of anilines is 2. The zero-order valence-corrected chi connectivity index (χ0v) is 12.6. The van der Waals surface area contributed by atoms with Crippen molar-refractivity contribution in [3.05, 3.63) is 40.6 Å². The summed E-state index contributed by atoms with van der Waals surface area (Å²) in [4.78, 5) is 10.6. The van der Waals surface area contributed by atoms with Gasteiger partial charge in [-0.3, -0.25) is 5.10 Å². The van der Waals surface area contributed by atoms with E-state index in [0.717, 1.165) is 26.8 Å². The van der Waals surface area contributed by atoms with Gasteiger partial charge in [0.2, 0.25) is 5.28 Å². The first kappa shape index (κ1) is 12.6. The molecule has 0 aliphatic carbocycles. The van der Waals surface area contributed by atoms with Gasteiger partial charge in [0.1, 0.15) is 10.6 Å². The maximum atomic E-state index is 6.01. The first-order chi connectivity index (χ1) is 10.2. The summed E-state index contributed by atoms with van der Waals surface area (Å²) in [5, 5.41) is 12.6. The van der Waals surface area contributed by atoms with Crippen LogP contribution in [-0.2, 0) is 0 Å². The normalized spacial score (nSPS) is 11.3. The van der Waals surface area contributed by atoms with E-state index < -0.39 is 0 Å². The molecule has 0 aliphatic rings. The Morgan fingerprint density at radius 2 is 2.14 bits per heavy atom. The summed E-state index contributed by atoms with van der Waals surface area (Å²) in [7, 11) is 0. The molecule has 3 heterocycles. The van der Waals surface area contributed by atoms with E-state index in [1.165, 1.54) is 4.88 Å². The summed E-state index contributed by atoms with van der Waals surface area (Å²) in [6, 6.07) is 8.04. The third-order valence-corrected chi connectivity index (χ3v) is 4.31. The Morgan fingerprint density at radius 1 is 1.24 bits per heavy atom. The Bertz CT molecular complexity index is 958. The Morgan fingerprint density at radius 3 is 3.05 bits per heavy atom. The fraction of sp³-hybridized carbons (Fsp3) is 0.0714. The summed E-state index contributed by atoms with van der Waals surface area (Å²) in [5.41, 5.74) is 1.89. The number of halogens is 1. The van der Waals surface area contributed by atoms with Crippen LogP contribution >= 0.6 is 22.9 Å². The van der Waals surface area contributed by atoms with E-state index >= 15 is 0 Å². The van der Waals surface area contributed by atoms with Crippen molar-refractivity contribution in [3.8, 4) is 0 Å². The molecule has 4 rings (SSSR count). The molecule has 2 N–H and O–H groups in total. The zero-order chi connectivity index (χ0) is 14.4. The largest absolute Gasteiger partial charge is 0.339 e. The predicted molar refractivity (Wildman–Crippen MR) is 86.5 cm³/mol. The molecule has 0 spiro atoms. The number of fused-ring (bicyclic) bond motifs is 2. The molecule has 0 unspecified atom stereocenters. The van der Waals surface area contributed by atoms with Crippen molar-refractivity contribution in [2.75, 3.05) is 5.32 Å². The first-order valence-electron chi connectivity index (χ1n) is 6.33. The van der Waals surface area contributed by atoms with Crippen molar-refractivity contribution in [2.24, 2.45) is 0 Å². The number of benzene rings is 1. The molecule has 0 amide bonds. The van der Waals surface area contributed by atoms with Gasteiger partial charge in [0.15, 0.2) is 0 Å². The quantitative estimate of drug-likeness (QED) is 0.542. The molecule has 5 nitrogen and oxygen atoms in total. The maximum absolute atomic E-state index is 6.01. The monoisotopic (exact) mass is 315 g/mol. The van der Waals surface area contributed by atoms with Crippen molar-refractivity contribution < 1.29 is 0 Å². The van der Waals surface area contributed by atoms with Gasteiger partial charge in [0.25, 0.3) is 0 Å². The third kappa shape index (κ3) is 2.22. The van der Waals surface area contributed by atoms with Gasteiger partial charge in [-0.2, -0.15) is 10.1 Å². The standard InChI is InChI=1S/C14H10ClN5S/c1-7-4-10-12(18-14(15)19-13(10)21-7)17-9-3-2-8-6-16-20-11(8)5-9/h2-6H,1H3,(H,16,20)(H,17,18,19). The second-order valence-electron chi connectivity index (χ2n) is 4.71. The minimum absolute atomic E-state index is 0.245. The van der Waals surface area contributed by atoms with Crippen molar-refractivity contribution in [3.63, 3.8) is 0 Å². The van der Waals surface area contributed by atoms with Gasteiger partial charge in [-0.25, -0.2) is 4.98 Å². The van der Waals surface area contributed by atoms with Crippen LogP contribution in [0.15, 0.2) is 30.5 Å². The first-order valence-corrected chi connectivity index (χ1v) is 7.52. The number of H-pyrrole nitrogens is 1. The van der Waals surface area contributed by atoms with Gasteiger partial charge in [-0.1, -0.05) is 0 Å². The van der Waals surface area contributed by atoms with E-state index in [9.17, 15) is 0 Å². The van der Waals surface area contributed by atoms with Crippen molar-refractivity contribution in [1.29, 1.82) is 0 Å². The van der Waals surface area contributed by atoms with Crippen LogP contribution in [0.5, 0.6) is 0 Å². The van der Waals surface area contributed by atoms with Gasteiger partial charge < -0.3 is 5.32 Å². The number of aromatic amines is 1. The number of hydrogen-bond donors (Lipinski definition) is 2. The lowest BCUT2D eigenvalue weighted by Gasteiger charge is -2.07. The second kappa shape index (κ2) is 4.68. The summed E-state index contributed by atoms with van der Waals surface area (Å²) >= 11 is 7.61. The van der Waals surface area contributed by atoms with Crippen LogP contribution in [0.25, 0.3) is 21.1 Å². The van der Waals surface area contributed by atoms with Crippen LogP contribution in [0.4, 0.5) is 11.5 Å². The van der Waals surface area contributed by atoms with Crippen LogP contribution in [0.3, 0.4) is 0 Å². The summed E-state index contributed by atoms with van der Waals surface area (Å²) in [6.45, 7) is 2.04. The minimum atomic E-state index is 0.245. The number of hydrogen-bond acceptors (Lipinski definition) is 5. The molecule has 7 heteroatoms. The summed E-state index contributed by atoms with van der Waals surface area (Å²) in [5.74, 6) is 0.716. The number of rotatable bonds is 2. The highest BCUT2D eigenvalue weighted by molar-refractivity contribution is 7.18. The van der Waals surface area contributed by atoms with Crippen LogP contribution < -0.4 is 5.32 Å². The molecule has 21 heavy (non-hydrogen) atoms. The fourth-order valence-corrected chi connectivity index (χ4v) is 3.36. The second-order valence-corrected chi connectivity index (χ2v) is 6.29. The minimum Gasteiger partial charge on any atom is -0.339 e. The van der Waals surface area contributed by atoms with E-state index in [-0.39, 0.29) is 5.28 Å². The van der Waals surface area contributed by atoms with E-state index in [1.54, 1.807) is 17.5 Å². The van der Waals surface area contributed by atoms with Crippen LogP contribution in [0, 0.1) is 6.92 Å². The van der Waals surface area contributed by atoms with Gasteiger partial charge in [0.05, 0.1) is 17.1 Å². The highest BCUT2D eigenvalue weighted by Gasteiger charge is 2.10. The molecule has 0 aliphatic heterocycles. The van der Waals surface area contributed by atoms with Crippen LogP contribution in [-0.4, -0.2) is 20.2 Å². The van der Waals surface area contributed by atoms with Gasteiger partial charge in [-0.15, -0.1) is 11.3 Å². The van der Waals surface area contributed by atoms with Crippen molar-refractivity contribution in [1.82, 2.24) is 20.2 Å². The van der Waals surface area contributed by atoms with Crippen molar-refractivity contribution >= 4 is 55.6 Å². The van der Waals surface area contributed by atoms with E-state index in [4.69, 9.17) is 11.6 Å². The molecule has 1 aromatic carbocycles. The van der Waals surface area contributed by atoms with E-state index in [1.807, 2.05) is 25.1 Å². The number of thiophene rings is 1. The number of aryl methyl sites for hydroxylation is 1. The maximum Gasteiger partial charge on any atom is 0.225 e. The lowest BCUT2D eigenvalue weighted by Crippen LogP contribution is -1.95. The third-order valence-electron chi connectivity index (χ3n) is 3.19. The Kier molecular flexibility index (Phi) is 2.80. The Balaban J connectivity index is 1.82. The Labute approximate surface area is 129 Å². The average Bonchev–Trinajstić information content (AvgIpc) is 3.03. The number of nitrogens with one attached hydrogen (secondary N) is 2. The molecule has 0 atom stereocenters. The zero-order valence-electron chi connectivity index (χ0n) is 11.0. The predicted octanol–water partition coefficient (Wildman–Crippen LogP) is 4.27. The molecule has 0 saturated carbocycles. The highest BCUT2D eigenvalue weighted by atomic mass is 35.5. The number of nitrogens with zero attached hydrogens (tertiary/aromatic N) is 3. The molecule has 0 fully saturated rings. The van der Waals surface area contributed by atoms with E-state index in [2.05, 4.69) is 31.5 Å². The lowest BCUT2D eigenvalue weighted by atomic mass is 10.2. The molecule has 0 bridgehead atoms. The lowest BCUT2D eigenvalue weighted by molar-refractivity contribution is 1.12. The van der Waals surface area contributed by atoms with Gasteiger partial charge in [-0.05, 0) is 42.8 Å². The molecule has 0 radical (unpaired) electrons. The highest BCUT2D eigenvalue weighted by Crippen LogP contribution is 2.31. The molecule has 0 saturated heterocycles. The summed E-state index contributed by atoms with van der Waals surface area (Å²) < 4.78 is 0. The summed E-state index contributed by atoms with van der Waals surface area (Å²) in [6.07, 6.45) is 1.79. The molecular formula is C14H10ClN5S. The van der Waals surface area contributed by atoms with Gasteiger partial charge in [0, 0.05) is 16.0 Å². The smallest absolute Gasteiger partial charge is 0.225 e. The van der Waals surface area contributed by atoms with Crippen molar-refractivity contribution in [2.45, 2.75) is 6.92 Å². The fourth-order valence-electron chi connectivity index (χ4n) is 2.26. The molecular weight excluding hydrogens is 306 g/mol. The SMILES string of the molecule is Cc1cc2c(Nc3ccc4cn[nH]c4c3)nc(Cl)nc2s1. The van der Waals surface area contributed by atoms with Crippen LogP contribution in [0.1, 0.15) is 4.88 Å². The Hall–Kier alpha value is -2.18. The topological polar surface area (TPSA) is 66.5 Å². The molecule has 4 aromatic rings. The molecule has 104 valence electrons. The van der Waals surface area contributed by atoms with Gasteiger partial charge >= 0.3 is 0 Å².